The van der Waals surface area contributed by atoms with Crippen LogP contribution in [0.5, 0.6) is 0 Å². The van der Waals surface area contributed by atoms with Crippen molar-refractivity contribution >= 4 is 35.0 Å². The average molecular weight is 544 g/mol. The summed E-state index contributed by atoms with van der Waals surface area (Å²) in [6.45, 7) is -1.14. The number of carbonyl (C=O) groups excluding carboxylic acids is 2. The van der Waals surface area contributed by atoms with Crippen molar-refractivity contribution in [3.63, 3.8) is 0 Å². The summed E-state index contributed by atoms with van der Waals surface area (Å²) in [6.07, 6.45) is 6.45. The molecule has 1 N–H and O–H groups in total. The molecule has 1 amide bonds. The number of aliphatic carboxylic acids is 1. The van der Waals surface area contributed by atoms with Gasteiger partial charge in [0.05, 0.1) is 41.0 Å². The summed E-state index contributed by atoms with van der Waals surface area (Å²) in [5.41, 5.74) is 4.35. The molecule has 1 aliphatic heterocycles. The minimum Gasteiger partial charge on any atom is -0.481 e. The number of carboxylic acids is 1. The van der Waals surface area contributed by atoms with Crippen molar-refractivity contribution in [1.29, 1.82) is 0 Å². The average Bonchev–Trinajstić information content (AvgIpc) is 3.66. The monoisotopic (exact) mass is 543 g/mol. The predicted octanol–water partition coefficient (Wildman–Crippen LogP) is 4.95. The molecule has 2 fully saturated rings. The van der Waals surface area contributed by atoms with Gasteiger partial charge in [-0.3, -0.25) is 14.4 Å². The molecule has 6 rings (SSSR count). The van der Waals surface area contributed by atoms with Crippen LogP contribution in [-0.4, -0.2) is 56.6 Å². The van der Waals surface area contributed by atoms with Gasteiger partial charge in [0.2, 0.25) is 5.91 Å². The summed E-state index contributed by atoms with van der Waals surface area (Å²) in [5.74, 6) is -5.03. The summed E-state index contributed by atoms with van der Waals surface area (Å²) in [7, 11) is 0. The number of amides is 1. The van der Waals surface area contributed by atoms with E-state index in [-0.39, 0.29) is 24.2 Å². The molecule has 0 spiro atoms. The van der Waals surface area contributed by atoms with Crippen molar-refractivity contribution in [2.24, 2.45) is 11.8 Å². The number of fused-ring (bicyclic) bond motifs is 1. The van der Waals surface area contributed by atoms with E-state index < -0.39 is 36.8 Å². The lowest BCUT2D eigenvalue weighted by molar-refractivity contribution is -0.169. The van der Waals surface area contributed by atoms with Crippen molar-refractivity contribution in [3.05, 3.63) is 57.4 Å². The number of allylic oxidation sites excluding steroid dienone is 2. The number of likely N-dealkylation sites (tertiary alicyclic amines) is 1. The first-order valence-electron chi connectivity index (χ1n) is 13.2. The second-order valence-corrected chi connectivity index (χ2v) is 11.4. The third kappa shape index (κ3) is 4.44. The molecule has 2 atom stereocenters. The Hall–Kier alpha value is -3.07. The van der Waals surface area contributed by atoms with Crippen molar-refractivity contribution in [2.45, 2.75) is 63.2 Å². The van der Waals surface area contributed by atoms with Crippen LogP contribution in [0.2, 0.25) is 5.02 Å². The summed E-state index contributed by atoms with van der Waals surface area (Å²) >= 11 is 6.54. The van der Waals surface area contributed by atoms with Crippen LogP contribution in [0, 0.1) is 11.8 Å². The summed E-state index contributed by atoms with van der Waals surface area (Å²) in [6, 6.07) is 5.43. The first-order chi connectivity index (χ1) is 18.1. The van der Waals surface area contributed by atoms with Gasteiger partial charge in [0, 0.05) is 17.9 Å². The first kappa shape index (κ1) is 25.2. The Labute approximate surface area is 223 Å². The topological polar surface area (TPSA) is 92.5 Å². The maximum atomic E-state index is 14.0. The minimum atomic E-state index is -2.84. The van der Waals surface area contributed by atoms with E-state index in [4.69, 9.17) is 16.7 Å². The molecule has 1 aromatic heterocycles. The highest BCUT2D eigenvalue weighted by atomic mass is 35.5. The lowest BCUT2D eigenvalue weighted by Crippen LogP contribution is -2.60. The molecular formula is C28H28ClF2N3O4. The zero-order valence-electron chi connectivity index (χ0n) is 20.8. The molecule has 0 bridgehead atoms. The number of halogens is 3. The second kappa shape index (κ2) is 9.29. The molecule has 7 nitrogen and oxygen atoms in total. The Kier molecular flexibility index (Phi) is 6.17. The van der Waals surface area contributed by atoms with Crippen molar-refractivity contribution in [1.82, 2.24) is 14.7 Å². The number of hydrogen-bond donors (Lipinski definition) is 1. The van der Waals surface area contributed by atoms with Crippen LogP contribution in [-0.2, 0) is 22.4 Å². The van der Waals surface area contributed by atoms with Crippen molar-refractivity contribution in [2.75, 3.05) is 13.1 Å². The van der Waals surface area contributed by atoms with Gasteiger partial charge in [-0.15, -0.1) is 0 Å². The summed E-state index contributed by atoms with van der Waals surface area (Å²) < 4.78 is 28.2. The Morgan fingerprint density at radius 1 is 1.05 bits per heavy atom. The van der Waals surface area contributed by atoms with Crippen LogP contribution in [0.4, 0.5) is 8.78 Å². The van der Waals surface area contributed by atoms with Gasteiger partial charge in [-0.1, -0.05) is 29.8 Å². The highest BCUT2D eigenvalue weighted by molar-refractivity contribution is 6.34. The number of aromatic nitrogens is 2. The number of nitrogens with zero attached hydrogens (tertiary/aromatic N) is 3. The molecule has 1 saturated carbocycles. The van der Waals surface area contributed by atoms with Gasteiger partial charge < -0.3 is 10.0 Å². The number of carbonyl (C=O) groups is 3. The molecule has 1 aromatic carbocycles. The third-order valence-corrected chi connectivity index (χ3v) is 8.63. The number of rotatable bonds is 5. The Morgan fingerprint density at radius 2 is 1.79 bits per heavy atom. The standard InChI is InChI=1S/C28H28ClF2N3O4/c29-21-3-1-2-19(15-4-5-15)23(21)26(36)34-22-12-18(25(35)33-13-28(30,31)14-33)10-11-20(22)24(32-34)16-6-8-17(9-7-16)27(37)38/h1-3,6,15,17-18H,4-5,7-14H2,(H,37,38). The zero-order chi connectivity index (χ0) is 26.8. The molecule has 10 heteroatoms. The molecule has 0 radical (unpaired) electrons. The maximum absolute atomic E-state index is 14.0. The predicted molar refractivity (Wildman–Crippen MR) is 135 cm³/mol. The van der Waals surface area contributed by atoms with Crippen molar-refractivity contribution < 1.29 is 28.3 Å². The highest BCUT2D eigenvalue weighted by Gasteiger charge is 2.48. The normalized spacial score (nSPS) is 24.3. The van der Waals surface area contributed by atoms with E-state index in [2.05, 4.69) is 0 Å². The molecule has 3 aliphatic carbocycles. The highest BCUT2D eigenvalue weighted by Crippen LogP contribution is 2.44. The number of benzene rings is 1. The molecule has 4 aliphatic rings. The van der Waals surface area contributed by atoms with E-state index in [1.54, 1.807) is 6.07 Å². The first-order valence-corrected chi connectivity index (χ1v) is 13.5. The van der Waals surface area contributed by atoms with Gasteiger partial charge in [-0.2, -0.15) is 9.78 Å². The quantitative estimate of drug-likeness (QED) is 0.576. The molecule has 1 saturated heterocycles. The third-order valence-electron chi connectivity index (χ3n) is 8.31. The van der Waals surface area contributed by atoms with E-state index >= 15 is 0 Å². The SMILES string of the molecule is O=C(O)C1CC=C(c2nn(C(=O)c3c(Cl)cccc3C3CC3)c3c2CCC(C(=O)N2CC(F)(F)C2)C3)CC1. The maximum Gasteiger partial charge on any atom is 0.306 e. The molecule has 200 valence electrons. The fraction of sp³-hybridized carbons (Fsp3) is 0.500. The van der Waals surface area contributed by atoms with Gasteiger partial charge in [-0.05, 0) is 68.1 Å². The number of hydrogen-bond acceptors (Lipinski definition) is 4. The van der Waals surface area contributed by atoms with E-state index in [1.807, 2.05) is 18.2 Å². The molecular weight excluding hydrogens is 516 g/mol. The zero-order valence-corrected chi connectivity index (χ0v) is 21.5. The van der Waals surface area contributed by atoms with Gasteiger partial charge in [0.25, 0.3) is 11.8 Å². The number of alkyl halides is 2. The van der Waals surface area contributed by atoms with E-state index in [0.29, 0.717) is 54.1 Å². The van der Waals surface area contributed by atoms with Crippen LogP contribution >= 0.6 is 11.6 Å². The van der Waals surface area contributed by atoms with Crippen LogP contribution < -0.4 is 0 Å². The van der Waals surface area contributed by atoms with Gasteiger partial charge in [-0.25, -0.2) is 8.78 Å². The summed E-state index contributed by atoms with van der Waals surface area (Å²) in [5, 5.41) is 14.5. The largest absolute Gasteiger partial charge is 0.481 e. The minimum absolute atomic E-state index is 0.225. The van der Waals surface area contributed by atoms with Crippen molar-refractivity contribution in [3.8, 4) is 0 Å². The Balaban J connectivity index is 1.38. The molecule has 38 heavy (non-hydrogen) atoms. The van der Waals surface area contributed by atoms with E-state index in [1.165, 1.54) is 9.58 Å². The fourth-order valence-electron chi connectivity index (χ4n) is 6.06. The fourth-order valence-corrected chi connectivity index (χ4v) is 6.32. The van der Waals surface area contributed by atoms with Crippen LogP contribution in [0.15, 0.2) is 24.3 Å². The van der Waals surface area contributed by atoms with E-state index in [9.17, 15) is 28.3 Å². The lowest BCUT2D eigenvalue weighted by Gasteiger charge is -2.41. The molecule has 2 unspecified atom stereocenters. The van der Waals surface area contributed by atoms with E-state index in [0.717, 1.165) is 29.5 Å². The van der Waals surface area contributed by atoms with Crippen LogP contribution in [0.25, 0.3) is 5.57 Å². The number of carboxylic acid groups (broad SMARTS) is 1. The second-order valence-electron chi connectivity index (χ2n) is 11.0. The Bertz CT molecular complexity index is 1370. The van der Waals surface area contributed by atoms with Crippen LogP contribution in [0.1, 0.15) is 77.3 Å². The van der Waals surface area contributed by atoms with Gasteiger partial charge in [0.1, 0.15) is 0 Å². The van der Waals surface area contributed by atoms with Gasteiger partial charge in [0.15, 0.2) is 0 Å². The van der Waals surface area contributed by atoms with Crippen LogP contribution in [0.3, 0.4) is 0 Å². The molecule has 2 aromatic rings. The Morgan fingerprint density at radius 3 is 2.42 bits per heavy atom. The summed E-state index contributed by atoms with van der Waals surface area (Å²) in [4.78, 5) is 39.7. The molecule has 2 heterocycles. The lowest BCUT2D eigenvalue weighted by atomic mass is 9.82. The van der Waals surface area contributed by atoms with Gasteiger partial charge >= 0.3 is 5.97 Å². The smallest absolute Gasteiger partial charge is 0.306 e.